The molecule has 0 amide bonds. The summed E-state index contributed by atoms with van der Waals surface area (Å²) in [7, 11) is 0. The average Bonchev–Trinajstić information content (AvgIpc) is 2.50. The standard InChI is InChI=1S/C16H17F2NOS/c17-13-6-7-15(14(18)10-13)21-9-8-16(20,11-19)12-4-2-1-3-5-12/h1-7,10,20H,8-9,11,19H2. The first-order valence-electron chi connectivity index (χ1n) is 6.61. The largest absolute Gasteiger partial charge is 0.384 e. The summed E-state index contributed by atoms with van der Waals surface area (Å²) in [5.74, 6) is -0.707. The van der Waals surface area contributed by atoms with Gasteiger partial charge in [0.05, 0.1) is 0 Å². The Hall–Kier alpha value is -1.43. The van der Waals surface area contributed by atoms with Crippen molar-refractivity contribution in [2.45, 2.75) is 16.9 Å². The quantitative estimate of drug-likeness (QED) is 0.805. The Morgan fingerprint density at radius 3 is 2.43 bits per heavy atom. The van der Waals surface area contributed by atoms with Crippen LogP contribution in [0, 0.1) is 11.6 Å². The summed E-state index contributed by atoms with van der Waals surface area (Å²) in [6.45, 7) is 0.0868. The zero-order valence-corrected chi connectivity index (χ0v) is 12.2. The predicted molar refractivity (Wildman–Crippen MR) is 81.1 cm³/mol. The topological polar surface area (TPSA) is 46.2 Å². The molecule has 0 fully saturated rings. The van der Waals surface area contributed by atoms with E-state index in [1.165, 1.54) is 23.9 Å². The van der Waals surface area contributed by atoms with E-state index in [1.807, 2.05) is 30.3 Å². The third kappa shape index (κ3) is 4.03. The summed E-state index contributed by atoms with van der Waals surface area (Å²) in [5.41, 5.74) is 5.29. The van der Waals surface area contributed by atoms with Crippen LogP contribution in [-0.4, -0.2) is 17.4 Å². The number of thioether (sulfide) groups is 1. The van der Waals surface area contributed by atoms with Crippen LogP contribution in [0.2, 0.25) is 0 Å². The Balaban J connectivity index is 2.01. The van der Waals surface area contributed by atoms with E-state index in [9.17, 15) is 13.9 Å². The maximum absolute atomic E-state index is 13.5. The summed E-state index contributed by atoms with van der Waals surface area (Å²) in [6, 6.07) is 12.6. The van der Waals surface area contributed by atoms with Crippen LogP contribution in [0.1, 0.15) is 12.0 Å². The normalized spacial score (nSPS) is 13.9. The molecule has 112 valence electrons. The molecule has 0 heterocycles. The van der Waals surface area contributed by atoms with Crippen molar-refractivity contribution in [1.82, 2.24) is 0 Å². The zero-order chi connectivity index (χ0) is 15.3. The smallest absolute Gasteiger partial charge is 0.139 e. The third-order valence-electron chi connectivity index (χ3n) is 3.32. The molecule has 0 spiro atoms. The Bertz CT molecular complexity index is 594. The van der Waals surface area contributed by atoms with Gasteiger partial charge in [0.1, 0.15) is 17.2 Å². The van der Waals surface area contributed by atoms with Gasteiger partial charge < -0.3 is 10.8 Å². The van der Waals surface area contributed by atoms with Crippen molar-refractivity contribution < 1.29 is 13.9 Å². The van der Waals surface area contributed by atoms with Crippen molar-refractivity contribution >= 4 is 11.8 Å². The van der Waals surface area contributed by atoms with Gasteiger partial charge in [0.25, 0.3) is 0 Å². The lowest BCUT2D eigenvalue weighted by molar-refractivity contribution is 0.0431. The van der Waals surface area contributed by atoms with E-state index >= 15 is 0 Å². The molecule has 2 nitrogen and oxygen atoms in total. The molecule has 3 N–H and O–H groups in total. The van der Waals surface area contributed by atoms with Crippen molar-refractivity contribution in [3.8, 4) is 0 Å². The lowest BCUT2D eigenvalue weighted by Crippen LogP contribution is -2.35. The highest BCUT2D eigenvalue weighted by Crippen LogP contribution is 2.29. The SMILES string of the molecule is NCC(O)(CCSc1ccc(F)cc1F)c1ccccc1. The molecule has 2 aromatic rings. The van der Waals surface area contributed by atoms with Crippen LogP contribution in [0.4, 0.5) is 8.78 Å². The van der Waals surface area contributed by atoms with Gasteiger partial charge >= 0.3 is 0 Å². The maximum Gasteiger partial charge on any atom is 0.139 e. The number of benzene rings is 2. The van der Waals surface area contributed by atoms with Gasteiger partial charge in [-0.25, -0.2) is 8.78 Å². The molecule has 5 heteroatoms. The molecule has 0 saturated heterocycles. The van der Waals surface area contributed by atoms with Gasteiger partial charge in [-0.05, 0) is 24.1 Å². The van der Waals surface area contributed by atoms with Gasteiger partial charge in [-0.3, -0.25) is 0 Å². The fourth-order valence-electron chi connectivity index (χ4n) is 2.03. The van der Waals surface area contributed by atoms with Gasteiger partial charge in [0.2, 0.25) is 0 Å². The van der Waals surface area contributed by atoms with Crippen molar-refractivity contribution in [3.05, 3.63) is 65.7 Å². The van der Waals surface area contributed by atoms with Crippen molar-refractivity contribution in [1.29, 1.82) is 0 Å². The van der Waals surface area contributed by atoms with Crippen molar-refractivity contribution in [2.24, 2.45) is 5.73 Å². The Kier molecular flexibility index (Phi) is 5.33. The Morgan fingerprint density at radius 1 is 1.10 bits per heavy atom. The molecular weight excluding hydrogens is 292 g/mol. The van der Waals surface area contributed by atoms with Crippen LogP contribution in [-0.2, 0) is 5.60 Å². The Labute approximate surface area is 127 Å². The van der Waals surface area contributed by atoms with Gasteiger partial charge in [0, 0.05) is 23.3 Å². The number of halogens is 2. The highest BCUT2D eigenvalue weighted by Gasteiger charge is 2.27. The summed E-state index contributed by atoms with van der Waals surface area (Å²) in [4.78, 5) is 0.365. The molecule has 0 bridgehead atoms. The zero-order valence-electron chi connectivity index (χ0n) is 11.4. The highest BCUT2D eigenvalue weighted by molar-refractivity contribution is 7.99. The summed E-state index contributed by atoms with van der Waals surface area (Å²) in [5, 5.41) is 10.6. The monoisotopic (exact) mass is 309 g/mol. The molecule has 0 aliphatic heterocycles. The molecular formula is C16H17F2NOS. The number of aliphatic hydroxyl groups is 1. The molecule has 21 heavy (non-hydrogen) atoms. The second-order valence-corrected chi connectivity index (χ2v) is 5.91. The molecule has 0 saturated carbocycles. The number of nitrogens with two attached hydrogens (primary N) is 1. The summed E-state index contributed by atoms with van der Waals surface area (Å²) in [6.07, 6.45) is 0.384. The summed E-state index contributed by atoms with van der Waals surface area (Å²) >= 11 is 1.24. The van der Waals surface area contributed by atoms with E-state index < -0.39 is 17.2 Å². The first kappa shape index (κ1) is 15.9. The molecule has 1 unspecified atom stereocenters. The van der Waals surface area contributed by atoms with Crippen molar-refractivity contribution in [2.75, 3.05) is 12.3 Å². The van der Waals surface area contributed by atoms with Crippen LogP contribution in [0.15, 0.2) is 53.4 Å². The van der Waals surface area contributed by atoms with E-state index in [2.05, 4.69) is 0 Å². The van der Waals surface area contributed by atoms with Gasteiger partial charge in [0.15, 0.2) is 0 Å². The van der Waals surface area contributed by atoms with Crippen LogP contribution in [0.5, 0.6) is 0 Å². The first-order chi connectivity index (χ1) is 10.0. The lowest BCUT2D eigenvalue weighted by atomic mass is 9.91. The van der Waals surface area contributed by atoms with Crippen LogP contribution in [0.3, 0.4) is 0 Å². The van der Waals surface area contributed by atoms with Gasteiger partial charge in [-0.15, -0.1) is 11.8 Å². The van der Waals surface area contributed by atoms with E-state index in [0.29, 0.717) is 17.1 Å². The van der Waals surface area contributed by atoms with Crippen molar-refractivity contribution in [3.63, 3.8) is 0 Å². The molecule has 0 aliphatic carbocycles. The minimum Gasteiger partial charge on any atom is -0.384 e. The second kappa shape index (κ2) is 7.02. The molecule has 1 atom stereocenters. The third-order valence-corrected chi connectivity index (χ3v) is 4.37. The fraction of sp³-hybridized carbons (Fsp3) is 0.250. The lowest BCUT2D eigenvalue weighted by Gasteiger charge is -2.27. The highest BCUT2D eigenvalue weighted by atomic mass is 32.2. The van der Waals surface area contributed by atoms with Gasteiger partial charge in [-0.1, -0.05) is 30.3 Å². The van der Waals surface area contributed by atoms with E-state index in [1.54, 1.807) is 0 Å². The maximum atomic E-state index is 13.5. The second-order valence-electron chi connectivity index (χ2n) is 4.77. The minimum atomic E-state index is -1.13. The van der Waals surface area contributed by atoms with E-state index in [0.717, 1.165) is 11.6 Å². The molecule has 2 rings (SSSR count). The average molecular weight is 309 g/mol. The van der Waals surface area contributed by atoms with Crippen LogP contribution >= 0.6 is 11.8 Å². The minimum absolute atomic E-state index is 0.0868. The fourth-order valence-corrected chi connectivity index (χ4v) is 3.06. The van der Waals surface area contributed by atoms with E-state index in [-0.39, 0.29) is 6.54 Å². The molecule has 0 aliphatic rings. The molecule has 0 radical (unpaired) electrons. The molecule has 0 aromatic heterocycles. The summed E-state index contributed by atoms with van der Waals surface area (Å²) < 4.78 is 26.4. The molecule has 2 aromatic carbocycles. The first-order valence-corrected chi connectivity index (χ1v) is 7.59. The number of hydrogen-bond acceptors (Lipinski definition) is 3. The van der Waals surface area contributed by atoms with E-state index in [4.69, 9.17) is 5.73 Å². The van der Waals surface area contributed by atoms with Gasteiger partial charge in [-0.2, -0.15) is 0 Å². The predicted octanol–water partition coefficient (Wildman–Crippen LogP) is 3.29. The van der Waals surface area contributed by atoms with Crippen LogP contribution < -0.4 is 5.73 Å². The number of hydrogen-bond donors (Lipinski definition) is 2. The number of rotatable bonds is 6. The van der Waals surface area contributed by atoms with Crippen LogP contribution in [0.25, 0.3) is 0 Å². The Morgan fingerprint density at radius 2 is 1.81 bits per heavy atom.